The minimum Gasteiger partial charge on any atom is -0.344 e. The van der Waals surface area contributed by atoms with E-state index in [0.717, 1.165) is 18.5 Å². The average molecular weight is 391 g/mol. The van der Waals surface area contributed by atoms with E-state index >= 15 is 0 Å². The molecule has 138 valence electrons. The van der Waals surface area contributed by atoms with Crippen LogP contribution in [-0.4, -0.2) is 30.4 Å². The van der Waals surface area contributed by atoms with Crippen LogP contribution in [0.2, 0.25) is 10.0 Å². The van der Waals surface area contributed by atoms with E-state index in [1.165, 1.54) is 19.3 Å². The Morgan fingerprint density at radius 1 is 1.08 bits per heavy atom. The SMILES string of the molecule is CN1CCCCC[C@H]1[C@@H](NC(=O)c1cccc(Cl)c1Cl)c1ccccc1. The molecule has 1 amide bonds. The molecular weight excluding hydrogens is 367 g/mol. The number of hydrogen-bond donors (Lipinski definition) is 1. The van der Waals surface area contributed by atoms with Crippen LogP contribution in [0.4, 0.5) is 0 Å². The molecule has 0 aliphatic carbocycles. The van der Waals surface area contributed by atoms with Gasteiger partial charge >= 0.3 is 0 Å². The molecule has 3 nitrogen and oxygen atoms in total. The largest absolute Gasteiger partial charge is 0.344 e. The van der Waals surface area contributed by atoms with Crippen molar-refractivity contribution < 1.29 is 4.79 Å². The minimum absolute atomic E-state index is 0.0955. The number of rotatable bonds is 4. The maximum absolute atomic E-state index is 13.0. The third-order valence-electron chi connectivity index (χ3n) is 5.10. The number of likely N-dealkylation sites (N-methyl/N-ethyl adjacent to an activating group) is 1. The van der Waals surface area contributed by atoms with Gasteiger partial charge in [0.25, 0.3) is 5.91 Å². The van der Waals surface area contributed by atoms with Gasteiger partial charge in [-0.05, 0) is 44.1 Å². The highest BCUT2D eigenvalue weighted by atomic mass is 35.5. The highest BCUT2D eigenvalue weighted by molar-refractivity contribution is 6.43. The van der Waals surface area contributed by atoms with Crippen molar-refractivity contribution in [3.05, 3.63) is 69.7 Å². The maximum Gasteiger partial charge on any atom is 0.253 e. The molecule has 0 aromatic heterocycles. The van der Waals surface area contributed by atoms with Gasteiger partial charge in [-0.1, -0.05) is 72.4 Å². The number of nitrogens with one attached hydrogen (secondary N) is 1. The minimum atomic E-state index is -0.191. The molecule has 0 saturated carbocycles. The molecule has 5 heteroatoms. The molecule has 1 fully saturated rings. The van der Waals surface area contributed by atoms with E-state index in [1.54, 1.807) is 18.2 Å². The monoisotopic (exact) mass is 390 g/mol. The number of carbonyl (C=O) groups is 1. The summed E-state index contributed by atoms with van der Waals surface area (Å²) in [5.41, 5.74) is 1.52. The van der Waals surface area contributed by atoms with Gasteiger partial charge in [-0.15, -0.1) is 0 Å². The lowest BCUT2D eigenvalue weighted by atomic mass is 9.94. The molecule has 0 unspecified atom stereocenters. The Kier molecular flexibility index (Phi) is 6.58. The van der Waals surface area contributed by atoms with Gasteiger partial charge in [-0.2, -0.15) is 0 Å². The van der Waals surface area contributed by atoms with Crippen molar-refractivity contribution >= 4 is 29.1 Å². The smallest absolute Gasteiger partial charge is 0.253 e. The lowest BCUT2D eigenvalue weighted by molar-refractivity contribution is 0.0899. The molecule has 3 rings (SSSR count). The molecule has 2 atom stereocenters. The molecule has 26 heavy (non-hydrogen) atoms. The summed E-state index contributed by atoms with van der Waals surface area (Å²) in [5, 5.41) is 3.91. The predicted molar refractivity (Wildman–Crippen MR) is 108 cm³/mol. The first-order chi connectivity index (χ1) is 12.6. The standard InChI is InChI=1S/C21H24Cl2N2O/c1-25-14-7-3-6-13-18(25)20(15-9-4-2-5-10-15)24-21(26)16-11-8-12-17(22)19(16)23/h2,4-5,8-12,18,20H,3,6-7,13-14H2,1H3,(H,24,26)/t18-,20-/m0/s1. The Bertz CT molecular complexity index is 751. The van der Waals surface area contributed by atoms with E-state index < -0.39 is 0 Å². The van der Waals surface area contributed by atoms with Gasteiger partial charge in [0.2, 0.25) is 0 Å². The number of amides is 1. The van der Waals surface area contributed by atoms with Crippen LogP contribution in [0.25, 0.3) is 0 Å². The molecule has 2 aromatic rings. The van der Waals surface area contributed by atoms with Crippen molar-refractivity contribution in [3.8, 4) is 0 Å². The Balaban J connectivity index is 1.91. The van der Waals surface area contributed by atoms with Crippen LogP contribution < -0.4 is 5.32 Å². The van der Waals surface area contributed by atoms with Crippen molar-refractivity contribution in [1.82, 2.24) is 10.2 Å². The summed E-state index contributed by atoms with van der Waals surface area (Å²) in [7, 11) is 2.14. The van der Waals surface area contributed by atoms with E-state index in [0.29, 0.717) is 15.6 Å². The second-order valence-electron chi connectivity index (χ2n) is 6.86. The third-order valence-corrected chi connectivity index (χ3v) is 5.92. The van der Waals surface area contributed by atoms with Gasteiger partial charge in [0, 0.05) is 6.04 Å². The van der Waals surface area contributed by atoms with Crippen molar-refractivity contribution in [2.75, 3.05) is 13.6 Å². The lowest BCUT2D eigenvalue weighted by Crippen LogP contribution is -2.44. The van der Waals surface area contributed by atoms with Gasteiger partial charge in [0.1, 0.15) is 0 Å². The lowest BCUT2D eigenvalue weighted by Gasteiger charge is -2.34. The van der Waals surface area contributed by atoms with Crippen LogP contribution in [0.1, 0.15) is 47.6 Å². The number of benzene rings is 2. The quantitative estimate of drug-likeness (QED) is 0.763. The fourth-order valence-corrected chi connectivity index (χ4v) is 4.05. The molecular formula is C21H24Cl2N2O. The van der Waals surface area contributed by atoms with E-state index in [2.05, 4.69) is 29.4 Å². The molecule has 0 spiro atoms. The summed E-state index contributed by atoms with van der Waals surface area (Å²) in [6, 6.07) is 15.5. The van der Waals surface area contributed by atoms with Gasteiger partial charge < -0.3 is 10.2 Å². The molecule has 1 aliphatic rings. The van der Waals surface area contributed by atoms with Gasteiger partial charge in [0.15, 0.2) is 0 Å². The summed E-state index contributed by atoms with van der Waals surface area (Å²) < 4.78 is 0. The van der Waals surface area contributed by atoms with E-state index in [4.69, 9.17) is 23.2 Å². The summed E-state index contributed by atoms with van der Waals surface area (Å²) in [4.78, 5) is 15.3. The van der Waals surface area contributed by atoms with E-state index in [1.807, 2.05) is 18.2 Å². The predicted octanol–water partition coefficient (Wildman–Crippen LogP) is 5.34. The van der Waals surface area contributed by atoms with E-state index in [9.17, 15) is 4.79 Å². The van der Waals surface area contributed by atoms with Crippen LogP contribution in [0, 0.1) is 0 Å². The molecule has 0 bridgehead atoms. The Labute approximate surface area is 165 Å². The zero-order chi connectivity index (χ0) is 18.5. The van der Waals surface area contributed by atoms with Gasteiger partial charge in [-0.3, -0.25) is 4.79 Å². The zero-order valence-corrected chi connectivity index (χ0v) is 16.4. The van der Waals surface area contributed by atoms with Crippen molar-refractivity contribution in [2.24, 2.45) is 0 Å². The molecule has 1 heterocycles. The van der Waals surface area contributed by atoms with Crippen molar-refractivity contribution in [2.45, 2.75) is 37.8 Å². The first-order valence-electron chi connectivity index (χ1n) is 9.08. The highest BCUT2D eigenvalue weighted by Crippen LogP contribution is 2.30. The summed E-state index contributed by atoms with van der Waals surface area (Å²) in [5.74, 6) is -0.191. The second kappa shape index (κ2) is 8.90. The van der Waals surface area contributed by atoms with Crippen LogP contribution in [0.5, 0.6) is 0 Å². The third kappa shape index (κ3) is 4.40. The van der Waals surface area contributed by atoms with Gasteiger partial charge in [0.05, 0.1) is 21.7 Å². The number of carbonyl (C=O) groups excluding carboxylic acids is 1. The summed E-state index contributed by atoms with van der Waals surface area (Å²) in [6.45, 7) is 1.04. The van der Waals surface area contributed by atoms with Crippen LogP contribution in [0.15, 0.2) is 48.5 Å². The van der Waals surface area contributed by atoms with E-state index in [-0.39, 0.29) is 18.0 Å². The molecule has 1 saturated heterocycles. The first kappa shape index (κ1) is 19.2. The second-order valence-corrected chi connectivity index (χ2v) is 7.65. The number of nitrogens with zero attached hydrogens (tertiary/aromatic N) is 1. The summed E-state index contributed by atoms with van der Waals surface area (Å²) in [6.07, 6.45) is 4.66. The maximum atomic E-state index is 13.0. The number of likely N-dealkylation sites (tertiary alicyclic amines) is 1. The topological polar surface area (TPSA) is 32.3 Å². The molecule has 1 N–H and O–H groups in total. The van der Waals surface area contributed by atoms with Gasteiger partial charge in [-0.25, -0.2) is 0 Å². The van der Waals surface area contributed by atoms with Crippen LogP contribution in [-0.2, 0) is 0 Å². The first-order valence-corrected chi connectivity index (χ1v) is 9.83. The van der Waals surface area contributed by atoms with Crippen molar-refractivity contribution in [1.29, 1.82) is 0 Å². The van der Waals surface area contributed by atoms with Crippen LogP contribution >= 0.6 is 23.2 Å². The number of hydrogen-bond acceptors (Lipinski definition) is 2. The fourth-order valence-electron chi connectivity index (χ4n) is 3.66. The van der Waals surface area contributed by atoms with Crippen molar-refractivity contribution in [3.63, 3.8) is 0 Å². The zero-order valence-electron chi connectivity index (χ0n) is 14.9. The average Bonchev–Trinajstić information content (AvgIpc) is 2.87. The molecule has 0 radical (unpaired) electrons. The highest BCUT2D eigenvalue weighted by Gasteiger charge is 2.30. The Morgan fingerprint density at radius 3 is 2.62 bits per heavy atom. The molecule has 2 aromatic carbocycles. The molecule has 1 aliphatic heterocycles. The number of halogens is 2. The Hall–Kier alpha value is -1.55. The Morgan fingerprint density at radius 2 is 1.85 bits per heavy atom. The fraction of sp³-hybridized carbons (Fsp3) is 0.381. The summed E-state index contributed by atoms with van der Waals surface area (Å²) >= 11 is 12.3. The normalized spacial score (nSPS) is 19.6. The van der Waals surface area contributed by atoms with Crippen LogP contribution in [0.3, 0.4) is 0 Å².